The zero-order valence-corrected chi connectivity index (χ0v) is 16.4. The van der Waals surface area contributed by atoms with E-state index in [4.69, 9.17) is 0 Å². The van der Waals surface area contributed by atoms with E-state index < -0.39 is 5.41 Å². The van der Waals surface area contributed by atoms with Gasteiger partial charge in [-0.1, -0.05) is 0 Å². The van der Waals surface area contributed by atoms with Gasteiger partial charge in [-0.15, -0.1) is 0 Å². The van der Waals surface area contributed by atoms with Crippen molar-refractivity contribution < 1.29 is 9.59 Å². The highest BCUT2D eigenvalue weighted by molar-refractivity contribution is 7.08. The maximum atomic E-state index is 12.8. The van der Waals surface area contributed by atoms with E-state index in [-0.39, 0.29) is 18.2 Å². The second-order valence-corrected chi connectivity index (χ2v) is 8.31. The Kier molecular flexibility index (Phi) is 6.82. The average Bonchev–Trinajstić information content (AvgIpc) is 3.38. The molecule has 7 heteroatoms. The van der Waals surface area contributed by atoms with Crippen LogP contribution in [0, 0.1) is 5.41 Å². The van der Waals surface area contributed by atoms with E-state index in [1.807, 2.05) is 10.8 Å². The second-order valence-electron chi connectivity index (χ2n) is 6.75. The third kappa shape index (κ3) is 5.16. The van der Waals surface area contributed by atoms with Crippen LogP contribution in [0.15, 0.2) is 33.7 Å². The summed E-state index contributed by atoms with van der Waals surface area (Å²) >= 11 is 3.32. The van der Waals surface area contributed by atoms with Crippen LogP contribution in [0.5, 0.6) is 0 Å². The van der Waals surface area contributed by atoms with Gasteiger partial charge in [0.2, 0.25) is 11.8 Å². The molecule has 26 heavy (non-hydrogen) atoms. The number of carbonyl (C=O) groups is 2. The van der Waals surface area contributed by atoms with E-state index in [1.165, 1.54) is 11.1 Å². The number of hydrogen-bond donors (Lipinski definition) is 3. The summed E-state index contributed by atoms with van der Waals surface area (Å²) in [6, 6.07) is 4.14. The number of nitrogens with one attached hydrogen (secondary N) is 3. The van der Waals surface area contributed by atoms with Gasteiger partial charge in [0.1, 0.15) is 0 Å². The Morgan fingerprint density at radius 3 is 2.23 bits per heavy atom. The molecule has 0 radical (unpaired) electrons. The molecule has 1 fully saturated rings. The highest BCUT2D eigenvalue weighted by Gasteiger charge is 2.42. The van der Waals surface area contributed by atoms with Crippen molar-refractivity contribution in [3.63, 3.8) is 0 Å². The van der Waals surface area contributed by atoms with Crippen LogP contribution in [-0.4, -0.2) is 38.0 Å². The number of thiophene rings is 2. The van der Waals surface area contributed by atoms with Crippen LogP contribution in [0.2, 0.25) is 0 Å². The summed E-state index contributed by atoms with van der Waals surface area (Å²) in [5.74, 6) is -0.0531. The Morgan fingerprint density at radius 1 is 1.04 bits per heavy atom. The molecule has 2 aromatic heterocycles. The molecule has 140 valence electrons. The van der Waals surface area contributed by atoms with Gasteiger partial charge in [0, 0.05) is 26.1 Å². The number of rotatable bonds is 9. The zero-order chi connectivity index (χ0) is 18.2. The topological polar surface area (TPSA) is 70.2 Å². The van der Waals surface area contributed by atoms with Crippen LogP contribution < -0.4 is 16.0 Å². The summed E-state index contributed by atoms with van der Waals surface area (Å²) < 4.78 is 0. The predicted molar refractivity (Wildman–Crippen MR) is 107 cm³/mol. The normalized spacial score (nSPS) is 19.4. The van der Waals surface area contributed by atoms with Gasteiger partial charge in [0.05, 0.1) is 5.41 Å². The summed E-state index contributed by atoms with van der Waals surface area (Å²) in [4.78, 5) is 25.1. The summed E-state index contributed by atoms with van der Waals surface area (Å²) in [6.45, 7) is 2.56. The first-order chi connectivity index (χ1) is 12.7. The molecule has 3 rings (SSSR count). The fourth-order valence-electron chi connectivity index (χ4n) is 3.26. The summed E-state index contributed by atoms with van der Waals surface area (Å²) in [6.07, 6.45) is 2.60. The van der Waals surface area contributed by atoms with Crippen molar-refractivity contribution in [1.82, 2.24) is 16.0 Å². The summed E-state index contributed by atoms with van der Waals surface area (Å²) in [5.41, 5.74) is 1.85. The Balaban J connectivity index is 1.46. The van der Waals surface area contributed by atoms with Gasteiger partial charge in [-0.05, 0) is 70.6 Å². The Labute approximate surface area is 162 Å². The van der Waals surface area contributed by atoms with Gasteiger partial charge in [-0.25, -0.2) is 0 Å². The van der Waals surface area contributed by atoms with Crippen LogP contribution in [0.3, 0.4) is 0 Å². The molecule has 0 aliphatic carbocycles. The van der Waals surface area contributed by atoms with E-state index in [0.717, 1.165) is 19.4 Å². The molecule has 0 spiro atoms. The van der Waals surface area contributed by atoms with Crippen molar-refractivity contribution >= 4 is 34.5 Å². The van der Waals surface area contributed by atoms with E-state index in [1.54, 1.807) is 22.7 Å². The second kappa shape index (κ2) is 9.30. The lowest BCUT2D eigenvalue weighted by Crippen LogP contribution is -2.46. The first-order valence-electron chi connectivity index (χ1n) is 8.96. The van der Waals surface area contributed by atoms with Crippen molar-refractivity contribution in [3.8, 4) is 0 Å². The minimum absolute atomic E-state index is 0.00860. The van der Waals surface area contributed by atoms with E-state index in [2.05, 4.69) is 38.8 Å². The van der Waals surface area contributed by atoms with Crippen LogP contribution in [0.25, 0.3) is 0 Å². The van der Waals surface area contributed by atoms with Crippen molar-refractivity contribution in [2.45, 2.75) is 25.7 Å². The lowest BCUT2D eigenvalue weighted by atomic mass is 9.82. The molecule has 1 atom stereocenters. The number of hydrogen-bond acceptors (Lipinski definition) is 5. The maximum Gasteiger partial charge on any atom is 0.228 e. The third-order valence-electron chi connectivity index (χ3n) is 4.82. The first kappa shape index (κ1) is 19.1. The minimum atomic E-state index is -0.624. The monoisotopic (exact) mass is 391 g/mol. The van der Waals surface area contributed by atoms with Crippen molar-refractivity contribution in [2.75, 3.05) is 26.2 Å². The molecule has 3 N–H and O–H groups in total. The lowest BCUT2D eigenvalue weighted by molar-refractivity contribution is -0.135. The van der Waals surface area contributed by atoms with Crippen molar-refractivity contribution in [1.29, 1.82) is 0 Å². The molecule has 1 unspecified atom stereocenters. The molecule has 1 saturated heterocycles. The zero-order valence-electron chi connectivity index (χ0n) is 14.8. The number of carbonyl (C=O) groups excluding carboxylic acids is 2. The predicted octanol–water partition coefficient (Wildman–Crippen LogP) is 2.20. The van der Waals surface area contributed by atoms with Gasteiger partial charge in [0.25, 0.3) is 0 Å². The molecule has 1 aliphatic heterocycles. The van der Waals surface area contributed by atoms with Gasteiger partial charge < -0.3 is 16.0 Å². The quantitative estimate of drug-likeness (QED) is 0.614. The minimum Gasteiger partial charge on any atom is -0.356 e. The van der Waals surface area contributed by atoms with Crippen LogP contribution in [0.4, 0.5) is 0 Å². The number of amides is 2. The van der Waals surface area contributed by atoms with E-state index in [9.17, 15) is 9.59 Å². The van der Waals surface area contributed by atoms with Gasteiger partial charge in [0.15, 0.2) is 0 Å². The maximum absolute atomic E-state index is 12.8. The van der Waals surface area contributed by atoms with Crippen molar-refractivity contribution in [2.24, 2.45) is 5.41 Å². The van der Waals surface area contributed by atoms with Crippen molar-refractivity contribution in [3.05, 3.63) is 44.8 Å². The third-order valence-corrected chi connectivity index (χ3v) is 6.28. The molecule has 2 amide bonds. The van der Waals surface area contributed by atoms with Crippen LogP contribution >= 0.6 is 22.7 Å². The molecule has 5 nitrogen and oxygen atoms in total. The first-order valence-corrected chi connectivity index (χ1v) is 10.8. The molecular formula is C19H25N3O2S2. The Hall–Kier alpha value is -1.70. The Bertz CT molecular complexity index is 692. The fourth-order valence-corrected chi connectivity index (χ4v) is 4.67. The largest absolute Gasteiger partial charge is 0.356 e. The molecule has 1 aliphatic rings. The summed E-state index contributed by atoms with van der Waals surface area (Å²) in [7, 11) is 0. The van der Waals surface area contributed by atoms with E-state index >= 15 is 0 Å². The SMILES string of the molecule is O=C(CC1(C(=O)NCCc2ccsc2)CCNC1)NCCc1ccsc1. The smallest absolute Gasteiger partial charge is 0.228 e. The molecule has 3 heterocycles. The van der Waals surface area contributed by atoms with Gasteiger partial charge >= 0.3 is 0 Å². The molecule has 0 aromatic carbocycles. The van der Waals surface area contributed by atoms with E-state index in [0.29, 0.717) is 26.1 Å². The van der Waals surface area contributed by atoms with Crippen LogP contribution in [0.1, 0.15) is 24.0 Å². The van der Waals surface area contributed by atoms with Crippen LogP contribution in [-0.2, 0) is 22.4 Å². The fraction of sp³-hybridized carbons (Fsp3) is 0.474. The Morgan fingerprint density at radius 2 is 1.69 bits per heavy atom. The van der Waals surface area contributed by atoms with Gasteiger partial charge in [-0.3, -0.25) is 9.59 Å². The molecule has 2 aromatic rings. The average molecular weight is 392 g/mol. The molecule has 0 saturated carbocycles. The molecular weight excluding hydrogens is 366 g/mol. The summed E-state index contributed by atoms with van der Waals surface area (Å²) in [5, 5.41) is 17.5. The lowest BCUT2D eigenvalue weighted by Gasteiger charge is -2.26. The standard InChI is InChI=1S/C19H25N3O2S2/c23-17(21-6-1-15-3-9-25-12-15)11-19(5-8-20-14-19)18(24)22-7-2-16-4-10-26-13-16/h3-4,9-10,12-13,20H,1-2,5-8,11,14H2,(H,21,23)(H,22,24). The molecule has 0 bridgehead atoms. The highest BCUT2D eigenvalue weighted by Crippen LogP contribution is 2.30. The highest BCUT2D eigenvalue weighted by atomic mass is 32.1. The van der Waals surface area contributed by atoms with Gasteiger partial charge in [-0.2, -0.15) is 22.7 Å².